The van der Waals surface area contributed by atoms with E-state index in [-0.39, 0.29) is 0 Å². The molecule has 0 bridgehead atoms. The van der Waals surface area contributed by atoms with E-state index in [1.807, 2.05) is 30.6 Å². The summed E-state index contributed by atoms with van der Waals surface area (Å²) in [6.07, 6.45) is 4.25. The van der Waals surface area contributed by atoms with E-state index in [0.29, 0.717) is 13.2 Å². The lowest BCUT2D eigenvalue weighted by Gasteiger charge is -2.36. The van der Waals surface area contributed by atoms with Crippen molar-refractivity contribution in [1.82, 2.24) is 14.5 Å². The van der Waals surface area contributed by atoms with Gasteiger partial charge in [0.25, 0.3) is 0 Å². The lowest BCUT2D eigenvalue weighted by atomic mass is 10.2. The standard InChI is InChI=1S/C23H29N5O2/c24-18-3-5-20-21(15-18)28(17-25-20)8-2-1-7-26-9-11-27(12-10-26)19-4-6-22-23(16-19)30-14-13-29-22/h3-6,15-17H,1-2,7-14,24H2. The number of rotatable bonds is 6. The van der Waals surface area contributed by atoms with Gasteiger partial charge in [-0.15, -0.1) is 0 Å². The molecule has 2 aliphatic rings. The second-order valence-electron chi connectivity index (χ2n) is 8.05. The predicted molar refractivity (Wildman–Crippen MR) is 119 cm³/mol. The number of nitrogen functional groups attached to an aromatic ring is 1. The third-order valence-corrected chi connectivity index (χ3v) is 6.03. The Labute approximate surface area is 177 Å². The van der Waals surface area contributed by atoms with Crippen LogP contribution in [0.15, 0.2) is 42.7 Å². The molecule has 2 aromatic carbocycles. The molecule has 5 rings (SSSR count). The molecule has 2 aliphatic heterocycles. The molecule has 30 heavy (non-hydrogen) atoms. The molecule has 0 radical (unpaired) electrons. The first-order chi connectivity index (χ1) is 14.8. The van der Waals surface area contributed by atoms with Gasteiger partial charge in [0.1, 0.15) is 13.2 Å². The number of hydrogen-bond donors (Lipinski definition) is 1. The highest BCUT2D eigenvalue weighted by molar-refractivity contribution is 5.78. The predicted octanol–water partition coefficient (Wildman–Crippen LogP) is 2.99. The molecule has 0 amide bonds. The third kappa shape index (κ3) is 4.03. The van der Waals surface area contributed by atoms with Crippen molar-refractivity contribution in [2.75, 3.05) is 56.6 Å². The molecule has 0 atom stereocenters. The van der Waals surface area contributed by atoms with E-state index in [2.05, 4.69) is 31.5 Å². The van der Waals surface area contributed by atoms with Gasteiger partial charge in [-0.1, -0.05) is 0 Å². The molecule has 7 nitrogen and oxygen atoms in total. The molecule has 3 aromatic rings. The van der Waals surface area contributed by atoms with E-state index in [4.69, 9.17) is 15.2 Å². The summed E-state index contributed by atoms with van der Waals surface area (Å²) in [5.41, 5.74) is 10.1. The van der Waals surface area contributed by atoms with E-state index >= 15 is 0 Å². The molecule has 1 aromatic heterocycles. The Bertz CT molecular complexity index is 1010. The van der Waals surface area contributed by atoms with Crippen LogP contribution in [-0.4, -0.2) is 60.4 Å². The van der Waals surface area contributed by atoms with Crippen LogP contribution in [-0.2, 0) is 6.54 Å². The molecule has 7 heteroatoms. The molecular weight excluding hydrogens is 378 g/mol. The number of piperazine rings is 1. The van der Waals surface area contributed by atoms with Gasteiger partial charge in [-0.3, -0.25) is 4.90 Å². The number of anilines is 2. The Balaban J connectivity index is 1.08. The van der Waals surface area contributed by atoms with Gasteiger partial charge in [-0.05, 0) is 49.7 Å². The number of nitrogens with zero attached hydrogens (tertiary/aromatic N) is 4. The molecule has 158 valence electrons. The van der Waals surface area contributed by atoms with Gasteiger partial charge in [0.05, 0.1) is 17.4 Å². The summed E-state index contributed by atoms with van der Waals surface area (Å²) in [7, 11) is 0. The Morgan fingerprint density at radius 3 is 2.53 bits per heavy atom. The average molecular weight is 408 g/mol. The number of imidazole rings is 1. The molecule has 0 unspecified atom stereocenters. The van der Waals surface area contributed by atoms with Crippen LogP contribution in [0.1, 0.15) is 12.8 Å². The largest absolute Gasteiger partial charge is 0.486 e. The Kier molecular flexibility index (Phi) is 5.36. The van der Waals surface area contributed by atoms with Crippen molar-refractivity contribution < 1.29 is 9.47 Å². The van der Waals surface area contributed by atoms with Crippen LogP contribution < -0.4 is 20.1 Å². The van der Waals surface area contributed by atoms with Crippen molar-refractivity contribution in [2.45, 2.75) is 19.4 Å². The number of hydrogen-bond acceptors (Lipinski definition) is 6. The lowest BCUT2D eigenvalue weighted by Crippen LogP contribution is -2.46. The zero-order valence-electron chi connectivity index (χ0n) is 17.3. The number of ether oxygens (including phenoxy) is 2. The summed E-state index contributed by atoms with van der Waals surface area (Å²) < 4.78 is 13.6. The van der Waals surface area contributed by atoms with Crippen molar-refractivity contribution in [3.8, 4) is 11.5 Å². The van der Waals surface area contributed by atoms with Gasteiger partial charge in [0.15, 0.2) is 11.5 Å². The minimum Gasteiger partial charge on any atom is -0.486 e. The molecule has 0 spiro atoms. The molecule has 1 fully saturated rings. The smallest absolute Gasteiger partial charge is 0.163 e. The van der Waals surface area contributed by atoms with Crippen LogP contribution in [0.2, 0.25) is 0 Å². The highest BCUT2D eigenvalue weighted by Crippen LogP contribution is 2.34. The van der Waals surface area contributed by atoms with Gasteiger partial charge >= 0.3 is 0 Å². The first-order valence-corrected chi connectivity index (χ1v) is 10.8. The van der Waals surface area contributed by atoms with E-state index in [1.165, 1.54) is 12.1 Å². The maximum absolute atomic E-state index is 5.93. The normalized spacial score (nSPS) is 16.9. The third-order valence-electron chi connectivity index (χ3n) is 6.03. The van der Waals surface area contributed by atoms with E-state index in [1.54, 1.807) is 0 Å². The minimum atomic E-state index is 0.631. The van der Waals surface area contributed by atoms with Gasteiger partial charge < -0.3 is 24.7 Å². The van der Waals surface area contributed by atoms with Crippen LogP contribution >= 0.6 is 0 Å². The molecule has 1 saturated heterocycles. The summed E-state index contributed by atoms with van der Waals surface area (Å²) >= 11 is 0. The van der Waals surface area contributed by atoms with Gasteiger partial charge in [-0.25, -0.2) is 4.98 Å². The van der Waals surface area contributed by atoms with Crippen molar-refractivity contribution in [2.24, 2.45) is 0 Å². The summed E-state index contributed by atoms with van der Waals surface area (Å²) in [6, 6.07) is 12.2. The highest BCUT2D eigenvalue weighted by Gasteiger charge is 2.19. The monoisotopic (exact) mass is 407 g/mol. The molecule has 0 aliphatic carbocycles. The van der Waals surface area contributed by atoms with Crippen LogP contribution in [0.25, 0.3) is 11.0 Å². The van der Waals surface area contributed by atoms with Crippen LogP contribution in [0.5, 0.6) is 11.5 Å². The Hall–Kier alpha value is -2.93. The zero-order valence-corrected chi connectivity index (χ0v) is 17.3. The topological polar surface area (TPSA) is 68.8 Å². The first kappa shape index (κ1) is 19.1. The second kappa shape index (κ2) is 8.44. The summed E-state index contributed by atoms with van der Waals surface area (Å²) in [5.74, 6) is 1.73. The number of nitrogens with two attached hydrogens (primary N) is 1. The zero-order chi connectivity index (χ0) is 20.3. The number of aryl methyl sites for hydroxylation is 1. The second-order valence-corrected chi connectivity index (χ2v) is 8.05. The van der Waals surface area contributed by atoms with Crippen molar-refractivity contribution >= 4 is 22.4 Å². The average Bonchev–Trinajstić information content (AvgIpc) is 3.19. The maximum atomic E-state index is 5.93. The van der Waals surface area contributed by atoms with Crippen LogP contribution in [0, 0.1) is 0 Å². The van der Waals surface area contributed by atoms with E-state index in [9.17, 15) is 0 Å². The Morgan fingerprint density at radius 1 is 0.867 bits per heavy atom. The van der Waals surface area contributed by atoms with Crippen LogP contribution in [0.3, 0.4) is 0 Å². The maximum Gasteiger partial charge on any atom is 0.163 e. The molecule has 3 heterocycles. The van der Waals surface area contributed by atoms with Crippen molar-refractivity contribution in [3.63, 3.8) is 0 Å². The molecule has 2 N–H and O–H groups in total. The number of unbranched alkanes of at least 4 members (excludes halogenated alkanes) is 1. The number of aromatic nitrogens is 2. The van der Waals surface area contributed by atoms with E-state index < -0.39 is 0 Å². The first-order valence-electron chi connectivity index (χ1n) is 10.8. The summed E-state index contributed by atoms with van der Waals surface area (Å²) in [4.78, 5) is 9.48. The van der Waals surface area contributed by atoms with Gasteiger partial charge in [0, 0.05) is 50.2 Å². The van der Waals surface area contributed by atoms with Crippen LogP contribution in [0.4, 0.5) is 11.4 Å². The van der Waals surface area contributed by atoms with Crippen molar-refractivity contribution in [1.29, 1.82) is 0 Å². The summed E-state index contributed by atoms with van der Waals surface area (Å²) in [5, 5.41) is 0. The van der Waals surface area contributed by atoms with Gasteiger partial charge in [-0.2, -0.15) is 0 Å². The minimum absolute atomic E-state index is 0.631. The number of fused-ring (bicyclic) bond motifs is 2. The fourth-order valence-electron chi connectivity index (χ4n) is 4.33. The lowest BCUT2D eigenvalue weighted by molar-refractivity contribution is 0.171. The quantitative estimate of drug-likeness (QED) is 0.500. The number of benzene rings is 2. The molecule has 0 saturated carbocycles. The fraction of sp³-hybridized carbons (Fsp3) is 0.435. The highest BCUT2D eigenvalue weighted by atomic mass is 16.6. The van der Waals surface area contributed by atoms with Crippen molar-refractivity contribution in [3.05, 3.63) is 42.7 Å². The SMILES string of the molecule is Nc1ccc2ncn(CCCCN3CCN(c4ccc5c(c4)OCCO5)CC3)c2c1. The van der Waals surface area contributed by atoms with Gasteiger partial charge in [0.2, 0.25) is 0 Å². The molecular formula is C23H29N5O2. The van der Waals surface area contributed by atoms with E-state index in [0.717, 1.165) is 73.9 Å². The fourth-order valence-corrected chi connectivity index (χ4v) is 4.33. The Morgan fingerprint density at radius 2 is 1.67 bits per heavy atom. The summed E-state index contributed by atoms with van der Waals surface area (Å²) in [6.45, 7) is 7.68.